The predicted octanol–water partition coefficient (Wildman–Crippen LogP) is 2.53. The van der Waals surface area contributed by atoms with Gasteiger partial charge in [-0.3, -0.25) is 9.69 Å². The van der Waals surface area contributed by atoms with Crippen molar-refractivity contribution >= 4 is 5.97 Å². The molecule has 1 aliphatic heterocycles. The van der Waals surface area contributed by atoms with Crippen LogP contribution in [0.1, 0.15) is 36.8 Å². The lowest BCUT2D eigenvalue weighted by Gasteiger charge is -2.26. The minimum atomic E-state index is -0.830. The summed E-state index contributed by atoms with van der Waals surface area (Å²) in [6.45, 7) is 1.05. The molecule has 0 aromatic heterocycles. The van der Waals surface area contributed by atoms with Crippen LogP contribution in [-0.4, -0.2) is 28.6 Å². The highest BCUT2D eigenvalue weighted by Gasteiger charge is 2.27. The second-order valence-electron chi connectivity index (χ2n) is 5.13. The number of benzene rings is 1. The topological polar surface area (TPSA) is 64.3 Å². The zero-order chi connectivity index (χ0) is 14.5. The summed E-state index contributed by atoms with van der Waals surface area (Å²) in [6.07, 6.45) is 3.49. The van der Waals surface area contributed by atoms with Crippen molar-refractivity contribution in [1.29, 1.82) is 5.26 Å². The maximum atomic E-state index is 13.4. The number of hydrogen-bond donors (Lipinski definition) is 1. The molecule has 106 valence electrons. The molecule has 1 heterocycles. The van der Waals surface area contributed by atoms with E-state index < -0.39 is 17.8 Å². The van der Waals surface area contributed by atoms with E-state index in [-0.39, 0.29) is 5.56 Å². The third-order valence-corrected chi connectivity index (χ3v) is 3.62. The zero-order valence-electron chi connectivity index (χ0n) is 11.2. The Morgan fingerprint density at radius 2 is 2.20 bits per heavy atom. The Labute approximate surface area is 117 Å². The first-order chi connectivity index (χ1) is 9.60. The highest BCUT2D eigenvalue weighted by molar-refractivity contribution is 5.73. The first kappa shape index (κ1) is 14.5. The fraction of sp³-hybridized carbons (Fsp3) is 0.467. The van der Waals surface area contributed by atoms with Gasteiger partial charge in [0.1, 0.15) is 11.9 Å². The molecule has 5 heteroatoms. The quantitative estimate of drug-likeness (QED) is 0.921. The zero-order valence-corrected chi connectivity index (χ0v) is 11.2. The number of rotatable bonds is 3. The Kier molecular flexibility index (Phi) is 4.70. The van der Waals surface area contributed by atoms with Gasteiger partial charge in [0, 0.05) is 6.54 Å². The lowest BCUT2D eigenvalue weighted by Crippen LogP contribution is -2.40. The van der Waals surface area contributed by atoms with Crippen LogP contribution < -0.4 is 0 Å². The standard InChI is InChI=1S/C15H17FN2O2/c16-13-7-11(9-17)6-12(8-13)10-18-5-3-1-2-4-14(18)15(19)20/h6-8,14H,1-5,10H2,(H,19,20). The molecule has 0 amide bonds. The van der Waals surface area contributed by atoms with E-state index >= 15 is 0 Å². The second kappa shape index (κ2) is 6.49. The van der Waals surface area contributed by atoms with Gasteiger partial charge in [0.05, 0.1) is 11.6 Å². The minimum absolute atomic E-state index is 0.265. The van der Waals surface area contributed by atoms with E-state index in [0.717, 1.165) is 19.3 Å². The van der Waals surface area contributed by atoms with E-state index in [9.17, 15) is 14.3 Å². The minimum Gasteiger partial charge on any atom is -0.480 e. The number of nitrogens with zero attached hydrogens (tertiary/aromatic N) is 2. The Morgan fingerprint density at radius 3 is 2.90 bits per heavy atom. The number of carboxylic acids is 1. The first-order valence-electron chi connectivity index (χ1n) is 6.76. The molecule has 20 heavy (non-hydrogen) atoms. The maximum Gasteiger partial charge on any atom is 0.320 e. The number of aliphatic carboxylic acids is 1. The largest absolute Gasteiger partial charge is 0.480 e. The van der Waals surface area contributed by atoms with Crippen molar-refractivity contribution < 1.29 is 14.3 Å². The molecule has 1 atom stereocenters. The van der Waals surface area contributed by atoms with Crippen molar-refractivity contribution in [3.8, 4) is 6.07 Å². The van der Waals surface area contributed by atoms with Gasteiger partial charge in [0.25, 0.3) is 0 Å². The van der Waals surface area contributed by atoms with E-state index in [1.807, 2.05) is 11.0 Å². The van der Waals surface area contributed by atoms with E-state index in [4.69, 9.17) is 5.26 Å². The van der Waals surface area contributed by atoms with Gasteiger partial charge < -0.3 is 5.11 Å². The SMILES string of the molecule is N#Cc1cc(F)cc(CN2CCCCCC2C(=O)O)c1. The molecule has 0 spiro atoms. The lowest BCUT2D eigenvalue weighted by atomic mass is 10.1. The molecule has 1 unspecified atom stereocenters. The number of likely N-dealkylation sites (tertiary alicyclic amines) is 1. The summed E-state index contributed by atoms with van der Waals surface area (Å²) in [4.78, 5) is 13.2. The third-order valence-electron chi connectivity index (χ3n) is 3.62. The van der Waals surface area contributed by atoms with Gasteiger partial charge in [-0.1, -0.05) is 12.8 Å². The van der Waals surface area contributed by atoms with Crippen molar-refractivity contribution in [2.75, 3.05) is 6.54 Å². The average Bonchev–Trinajstić information content (AvgIpc) is 2.63. The molecule has 1 aliphatic rings. The van der Waals surface area contributed by atoms with Gasteiger partial charge in [-0.05, 0) is 43.1 Å². The predicted molar refractivity (Wildman–Crippen MR) is 71.4 cm³/mol. The first-order valence-corrected chi connectivity index (χ1v) is 6.76. The third kappa shape index (κ3) is 3.55. The van der Waals surface area contributed by atoms with Gasteiger partial charge in [0.15, 0.2) is 0 Å². The number of hydrogen-bond acceptors (Lipinski definition) is 3. The van der Waals surface area contributed by atoms with Crippen molar-refractivity contribution in [3.63, 3.8) is 0 Å². The number of nitriles is 1. The van der Waals surface area contributed by atoms with E-state index in [0.29, 0.717) is 25.1 Å². The molecule has 1 saturated heterocycles. The number of carbonyl (C=O) groups is 1. The van der Waals surface area contributed by atoms with Crippen LogP contribution in [0, 0.1) is 17.1 Å². The molecular formula is C15H17FN2O2. The number of halogens is 1. The smallest absolute Gasteiger partial charge is 0.320 e. The molecule has 4 nitrogen and oxygen atoms in total. The Morgan fingerprint density at radius 1 is 1.40 bits per heavy atom. The van der Waals surface area contributed by atoms with Gasteiger partial charge in [-0.2, -0.15) is 5.26 Å². The summed E-state index contributed by atoms with van der Waals surface area (Å²) < 4.78 is 13.4. The molecule has 0 radical (unpaired) electrons. The number of carboxylic acid groups (broad SMARTS) is 1. The summed E-state index contributed by atoms with van der Waals surface area (Å²) in [6, 6.07) is 5.56. The molecule has 0 saturated carbocycles. The highest BCUT2D eigenvalue weighted by atomic mass is 19.1. The average molecular weight is 276 g/mol. The summed E-state index contributed by atoms with van der Waals surface area (Å²) in [5, 5.41) is 18.2. The Bertz CT molecular complexity index is 539. The molecule has 1 N–H and O–H groups in total. The molecule has 2 rings (SSSR count). The fourth-order valence-electron chi connectivity index (χ4n) is 2.68. The van der Waals surface area contributed by atoms with Gasteiger partial charge >= 0.3 is 5.97 Å². The van der Waals surface area contributed by atoms with Gasteiger partial charge in [0.2, 0.25) is 0 Å². The molecule has 0 bridgehead atoms. The van der Waals surface area contributed by atoms with E-state index in [2.05, 4.69) is 0 Å². The van der Waals surface area contributed by atoms with Crippen LogP contribution in [0.5, 0.6) is 0 Å². The van der Waals surface area contributed by atoms with Gasteiger partial charge in [-0.25, -0.2) is 4.39 Å². The van der Waals surface area contributed by atoms with Crippen LogP contribution in [0.3, 0.4) is 0 Å². The normalized spacial score (nSPS) is 20.1. The van der Waals surface area contributed by atoms with E-state index in [1.165, 1.54) is 12.1 Å². The Balaban J connectivity index is 2.19. The summed E-state index contributed by atoms with van der Waals surface area (Å²) in [5.41, 5.74) is 0.913. The molecule has 1 aromatic rings. The highest BCUT2D eigenvalue weighted by Crippen LogP contribution is 2.20. The van der Waals surface area contributed by atoms with Crippen molar-refractivity contribution in [3.05, 3.63) is 35.1 Å². The maximum absolute atomic E-state index is 13.4. The van der Waals surface area contributed by atoms with Crippen molar-refractivity contribution in [1.82, 2.24) is 4.90 Å². The molecule has 0 aliphatic carbocycles. The van der Waals surface area contributed by atoms with Crippen LogP contribution >= 0.6 is 0 Å². The lowest BCUT2D eigenvalue weighted by molar-refractivity contribution is -0.143. The van der Waals surface area contributed by atoms with Crippen LogP contribution in [0.2, 0.25) is 0 Å². The van der Waals surface area contributed by atoms with Gasteiger partial charge in [-0.15, -0.1) is 0 Å². The van der Waals surface area contributed by atoms with E-state index in [1.54, 1.807) is 6.07 Å². The summed E-state index contributed by atoms with van der Waals surface area (Å²) >= 11 is 0. The Hall–Kier alpha value is -1.93. The van der Waals surface area contributed by atoms with Crippen LogP contribution in [0.15, 0.2) is 18.2 Å². The summed E-state index contributed by atoms with van der Waals surface area (Å²) in [7, 11) is 0. The van der Waals surface area contributed by atoms with Crippen LogP contribution in [-0.2, 0) is 11.3 Å². The summed E-state index contributed by atoms with van der Waals surface area (Å²) in [5.74, 6) is -1.29. The second-order valence-corrected chi connectivity index (χ2v) is 5.13. The van der Waals surface area contributed by atoms with Crippen molar-refractivity contribution in [2.45, 2.75) is 38.3 Å². The van der Waals surface area contributed by atoms with Crippen LogP contribution in [0.25, 0.3) is 0 Å². The molecule has 1 fully saturated rings. The molecule has 1 aromatic carbocycles. The van der Waals surface area contributed by atoms with Crippen molar-refractivity contribution in [2.24, 2.45) is 0 Å². The monoisotopic (exact) mass is 276 g/mol. The fourth-order valence-corrected chi connectivity index (χ4v) is 2.68. The molecular weight excluding hydrogens is 259 g/mol. The van der Waals surface area contributed by atoms with Crippen LogP contribution in [0.4, 0.5) is 4.39 Å².